The Labute approximate surface area is 166 Å². The van der Waals surface area contributed by atoms with Gasteiger partial charge in [0.15, 0.2) is 0 Å². The average molecular weight is 419 g/mol. The molecule has 4 N–H and O–H groups in total. The van der Waals surface area contributed by atoms with Gasteiger partial charge in [0.25, 0.3) is 0 Å². The number of carbonyl (C=O) groups excluding carboxylic acids is 1. The molecule has 0 aliphatic rings. The van der Waals surface area contributed by atoms with Gasteiger partial charge >= 0.3 is 6.03 Å². The number of nitrogens with zero attached hydrogens (tertiary/aromatic N) is 1. The van der Waals surface area contributed by atoms with E-state index < -0.39 is 15.9 Å². The van der Waals surface area contributed by atoms with Crippen LogP contribution in [0.3, 0.4) is 0 Å². The summed E-state index contributed by atoms with van der Waals surface area (Å²) in [7, 11) is -3.98. The Morgan fingerprint density at radius 3 is 2.32 bits per heavy atom. The fraction of sp³-hybridized carbons (Fsp3) is 0.111. The van der Waals surface area contributed by atoms with Crippen LogP contribution in [-0.2, 0) is 9.84 Å². The lowest BCUT2D eigenvalue weighted by Gasteiger charge is -2.10. The number of nitrogens with one attached hydrogen (secondary N) is 3. The number of H-pyrrole nitrogens is 1. The number of rotatable bonds is 5. The van der Waals surface area contributed by atoms with Crippen molar-refractivity contribution < 1.29 is 18.3 Å². The van der Waals surface area contributed by atoms with Gasteiger partial charge in [0, 0.05) is 5.69 Å². The van der Waals surface area contributed by atoms with Gasteiger partial charge in [-0.05, 0) is 49.6 Å². The molecule has 0 fully saturated rings. The number of aromatic nitrogens is 2. The molecule has 2 aromatic carbocycles. The summed E-state index contributed by atoms with van der Waals surface area (Å²) in [4.78, 5) is 12.2. The van der Waals surface area contributed by atoms with Crippen LogP contribution in [0, 0.1) is 6.92 Å². The number of phenols is 1. The normalized spacial score (nSPS) is 11.2. The minimum Gasteiger partial charge on any atom is -0.508 e. The van der Waals surface area contributed by atoms with E-state index in [-0.39, 0.29) is 26.4 Å². The number of benzene rings is 2. The number of urea groups is 1. The van der Waals surface area contributed by atoms with Crippen LogP contribution >= 0.6 is 11.8 Å². The summed E-state index contributed by atoms with van der Waals surface area (Å²) in [6.45, 7) is 1.93. The zero-order chi connectivity index (χ0) is 20.3. The zero-order valence-electron chi connectivity index (χ0n) is 15.1. The van der Waals surface area contributed by atoms with Gasteiger partial charge < -0.3 is 10.4 Å². The number of hydrogen-bond donors (Lipinski definition) is 4. The Morgan fingerprint density at radius 1 is 1.07 bits per heavy atom. The number of carbonyl (C=O) groups is 1. The van der Waals surface area contributed by atoms with E-state index in [4.69, 9.17) is 0 Å². The molecule has 10 heteroatoms. The van der Waals surface area contributed by atoms with Gasteiger partial charge in [0.2, 0.25) is 9.84 Å². The number of thioether (sulfide) groups is 1. The molecule has 3 aromatic rings. The largest absolute Gasteiger partial charge is 0.508 e. The van der Waals surface area contributed by atoms with Crippen LogP contribution in [0.25, 0.3) is 0 Å². The third-order valence-corrected chi connectivity index (χ3v) is 6.49. The second-order valence-electron chi connectivity index (χ2n) is 5.88. The van der Waals surface area contributed by atoms with Gasteiger partial charge in [-0.15, -0.1) is 11.8 Å². The lowest BCUT2D eigenvalue weighted by Crippen LogP contribution is -2.21. The van der Waals surface area contributed by atoms with E-state index in [2.05, 4.69) is 20.8 Å². The molecule has 8 nitrogen and oxygen atoms in total. The number of aryl methyl sites for hydroxylation is 1. The van der Waals surface area contributed by atoms with Crippen LogP contribution < -0.4 is 10.6 Å². The first kappa shape index (κ1) is 19.8. The topological polar surface area (TPSA) is 124 Å². The predicted molar refractivity (Wildman–Crippen MR) is 108 cm³/mol. The van der Waals surface area contributed by atoms with Crippen LogP contribution in [0.1, 0.15) is 5.56 Å². The Balaban J connectivity index is 1.90. The summed E-state index contributed by atoms with van der Waals surface area (Å²) in [5, 5.41) is 21.3. The number of hydrogen-bond acceptors (Lipinski definition) is 6. The zero-order valence-corrected chi connectivity index (χ0v) is 16.7. The molecule has 0 atom stereocenters. The van der Waals surface area contributed by atoms with E-state index in [1.807, 2.05) is 19.1 Å². The minimum atomic E-state index is -3.98. The maximum Gasteiger partial charge on any atom is 0.324 e. The molecule has 0 saturated heterocycles. The van der Waals surface area contributed by atoms with Gasteiger partial charge in [0.1, 0.15) is 21.5 Å². The number of amides is 2. The molecule has 0 aliphatic heterocycles. The van der Waals surface area contributed by atoms with E-state index in [0.29, 0.717) is 5.69 Å². The third kappa shape index (κ3) is 4.12. The first-order valence-electron chi connectivity index (χ1n) is 8.12. The van der Waals surface area contributed by atoms with Crippen LogP contribution in [0.4, 0.5) is 16.3 Å². The van der Waals surface area contributed by atoms with Gasteiger partial charge in [0.05, 0.1) is 4.90 Å². The van der Waals surface area contributed by atoms with E-state index in [1.54, 1.807) is 18.4 Å². The van der Waals surface area contributed by atoms with E-state index >= 15 is 0 Å². The lowest BCUT2D eigenvalue weighted by molar-refractivity contribution is 0.262. The van der Waals surface area contributed by atoms with Crippen LogP contribution in [-0.4, -0.2) is 36.0 Å². The van der Waals surface area contributed by atoms with E-state index in [0.717, 1.165) is 17.3 Å². The van der Waals surface area contributed by atoms with Crippen molar-refractivity contribution in [3.63, 3.8) is 0 Å². The smallest absolute Gasteiger partial charge is 0.324 e. The molecule has 3 rings (SSSR count). The standard InChI is InChI=1S/C18H18N4O4S2/c1-11-3-5-12(6-4-11)19-18(24)20-16-15(17(27-2)22-21-16)28(25,26)14-9-7-13(23)8-10-14/h3-10,23H,1-2H3,(H3,19,20,21,22,24). The SMILES string of the molecule is CSc1n[nH]c(NC(=O)Nc2ccc(C)cc2)c1S(=O)(=O)c1ccc(O)cc1. The summed E-state index contributed by atoms with van der Waals surface area (Å²) in [5.41, 5.74) is 1.61. The molecule has 0 radical (unpaired) electrons. The summed E-state index contributed by atoms with van der Waals surface area (Å²) in [6.07, 6.45) is 1.68. The van der Waals surface area contributed by atoms with E-state index in [1.165, 1.54) is 24.3 Å². The Kier molecular flexibility index (Phi) is 5.61. The molecule has 146 valence electrons. The van der Waals surface area contributed by atoms with Gasteiger partial charge in [-0.2, -0.15) is 5.10 Å². The Hall–Kier alpha value is -2.98. The van der Waals surface area contributed by atoms with Crippen molar-refractivity contribution in [3.8, 4) is 5.75 Å². The second kappa shape index (κ2) is 7.95. The molecular weight excluding hydrogens is 400 g/mol. The molecule has 0 aliphatic carbocycles. The number of aromatic amines is 1. The molecule has 1 heterocycles. The number of sulfone groups is 1. The fourth-order valence-corrected chi connectivity index (χ4v) is 4.82. The van der Waals surface area contributed by atoms with Crippen molar-refractivity contribution in [3.05, 3.63) is 54.1 Å². The number of anilines is 2. The fourth-order valence-electron chi connectivity index (χ4n) is 2.44. The van der Waals surface area contributed by atoms with Gasteiger partial charge in [-0.3, -0.25) is 10.4 Å². The maximum absolute atomic E-state index is 13.1. The van der Waals surface area contributed by atoms with Crippen LogP contribution in [0.2, 0.25) is 0 Å². The molecule has 1 aromatic heterocycles. The highest BCUT2D eigenvalue weighted by molar-refractivity contribution is 7.99. The monoisotopic (exact) mass is 418 g/mol. The molecule has 0 spiro atoms. The van der Waals surface area contributed by atoms with Crippen molar-refractivity contribution in [2.24, 2.45) is 0 Å². The third-order valence-electron chi connectivity index (χ3n) is 3.85. The molecule has 0 unspecified atom stereocenters. The highest BCUT2D eigenvalue weighted by Crippen LogP contribution is 2.34. The number of aromatic hydroxyl groups is 1. The quantitative estimate of drug-likeness (QED) is 0.469. The van der Waals surface area contributed by atoms with Crippen molar-refractivity contribution in [2.75, 3.05) is 16.9 Å². The van der Waals surface area contributed by atoms with Gasteiger partial charge in [-0.1, -0.05) is 17.7 Å². The maximum atomic E-state index is 13.1. The number of phenolic OH excluding ortho intramolecular Hbond substituents is 1. The molecule has 0 bridgehead atoms. The predicted octanol–water partition coefficient (Wildman–Crippen LogP) is 3.62. The second-order valence-corrected chi connectivity index (χ2v) is 8.56. The summed E-state index contributed by atoms with van der Waals surface area (Å²) in [6, 6.07) is 11.7. The first-order valence-corrected chi connectivity index (χ1v) is 10.8. The Bertz CT molecular complexity index is 1090. The van der Waals surface area contributed by atoms with Crippen molar-refractivity contribution in [2.45, 2.75) is 21.7 Å². The summed E-state index contributed by atoms with van der Waals surface area (Å²) in [5.74, 6) is -0.0888. The van der Waals surface area contributed by atoms with Crippen molar-refractivity contribution in [1.82, 2.24) is 10.2 Å². The minimum absolute atomic E-state index is 0.0241. The highest BCUT2D eigenvalue weighted by Gasteiger charge is 2.29. The van der Waals surface area contributed by atoms with Crippen LogP contribution in [0.5, 0.6) is 5.75 Å². The molecule has 2 amide bonds. The molecular formula is C18H18N4O4S2. The van der Waals surface area contributed by atoms with Gasteiger partial charge in [-0.25, -0.2) is 13.2 Å². The summed E-state index contributed by atoms with van der Waals surface area (Å²) >= 11 is 1.13. The lowest BCUT2D eigenvalue weighted by atomic mass is 10.2. The molecule has 0 saturated carbocycles. The van der Waals surface area contributed by atoms with Crippen molar-refractivity contribution >= 4 is 39.1 Å². The van der Waals surface area contributed by atoms with Crippen LogP contribution in [0.15, 0.2) is 63.3 Å². The first-order chi connectivity index (χ1) is 13.3. The summed E-state index contributed by atoms with van der Waals surface area (Å²) < 4.78 is 26.1. The highest BCUT2D eigenvalue weighted by atomic mass is 32.2. The average Bonchev–Trinajstić information content (AvgIpc) is 3.07. The molecule has 28 heavy (non-hydrogen) atoms. The van der Waals surface area contributed by atoms with Crippen molar-refractivity contribution in [1.29, 1.82) is 0 Å². The van der Waals surface area contributed by atoms with E-state index in [9.17, 15) is 18.3 Å². The Morgan fingerprint density at radius 2 is 1.71 bits per heavy atom.